The Balaban J connectivity index is 1.75. The molecule has 0 radical (unpaired) electrons. The smallest absolute Gasteiger partial charge is 0.416 e. The van der Waals surface area contributed by atoms with E-state index in [1.54, 1.807) is 26.2 Å². The predicted molar refractivity (Wildman–Crippen MR) is 123 cm³/mol. The van der Waals surface area contributed by atoms with Crippen LogP contribution in [0, 0.1) is 6.92 Å². The standard InChI is InChI=1S/C23H19ClF3N5O3/c1-12-20(22(33)28-17-10-14(23(25,26)27)6-9-16(17)24)29-30-21-19(18(11-34-2)31-32(12)21)13-4-7-15(35-3)8-5-13/h4-10H,11H2,1-3H3,(H,28,33). The van der Waals surface area contributed by atoms with Crippen LogP contribution >= 0.6 is 11.6 Å². The Morgan fingerprint density at radius 2 is 1.83 bits per heavy atom. The summed E-state index contributed by atoms with van der Waals surface area (Å²) in [6.07, 6.45) is -4.59. The molecular formula is C23H19ClF3N5O3. The van der Waals surface area contributed by atoms with Crippen LogP contribution in [0.3, 0.4) is 0 Å². The highest BCUT2D eigenvalue weighted by molar-refractivity contribution is 6.34. The average molecular weight is 506 g/mol. The van der Waals surface area contributed by atoms with Crippen LogP contribution in [0.25, 0.3) is 16.8 Å². The molecular weight excluding hydrogens is 487 g/mol. The Bertz CT molecular complexity index is 1400. The third kappa shape index (κ3) is 4.77. The Hall–Kier alpha value is -3.70. The highest BCUT2D eigenvalue weighted by Crippen LogP contribution is 2.34. The van der Waals surface area contributed by atoms with Gasteiger partial charge in [-0.25, -0.2) is 4.52 Å². The fraction of sp³-hybridized carbons (Fsp3) is 0.217. The van der Waals surface area contributed by atoms with Gasteiger partial charge in [-0.3, -0.25) is 4.79 Å². The zero-order valence-corrected chi connectivity index (χ0v) is 19.5. The second kappa shape index (κ2) is 9.51. The number of rotatable bonds is 6. The van der Waals surface area contributed by atoms with Crippen molar-refractivity contribution in [2.24, 2.45) is 0 Å². The van der Waals surface area contributed by atoms with Crippen LogP contribution in [-0.2, 0) is 17.5 Å². The van der Waals surface area contributed by atoms with Crippen molar-refractivity contribution >= 4 is 28.8 Å². The van der Waals surface area contributed by atoms with E-state index in [2.05, 4.69) is 20.6 Å². The zero-order chi connectivity index (χ0) is 25.3. The van der Waals surface area contributed by atoms with Crippen molar-refractivity contribution in [2.45, 2.75) is 19.7 Å². The first-order valence-electron chi connectivity index (χ1n) is 10.2. The lowest BCUT2D eigenvalue weighted by Crippen LogP contribution is -2.19. The second-order valence-electron chi connectivity index (χ2n) is 7.50. The number of anilines is 1. The van der Waals surface area contributed by atoms with Crippen molar-refractivity contribution in [3.05, 3.63) is 70.1 Å². The number of methoxy groups -OCH3 is 2. The lowest BCUT2D eigenvalue weighted by atomic mass is 10.1. The van der Waals surface area contributed by atoms with E-state index in [0.717, 1.165) is 23.8 Å². The third-order valence-electron chi connectivity index (χ3n) is 5.26. The Kier molecular flexibility index (Phi) is 6.64. The molecule has 8 nitrogen and oxygen atoms in total. The number of amides is 1. The van der Waals surface area contributed by atoms with Crippen LogP contribution in [0.1, 0.15) is 27.4 Å². The van der Waals surface area contributed by atoms with Crippen molar-refractivity contribution in [2.75, 3.05) is 19.5 Å². The van der Waals surface area contributed by atoms with Crippen molar-refractivity contribution in [3.8, 4) is 16.9 Å². The number of carbonyl (C=O) groups is 1. The molecule has 4 aromatic rings. The summed E-state index contributed by atoms with van der Waals surface area (Å²) in [6, 6.07) is 9.90. The number of ether oxygens (including phenoxy) is 2. The van der Waals surface area contributed by atoms with E-state index in [9.17, 15) is 18.0 Å². The van der Waals surface area contributed by atoms with Crippen LogP contribution in [0.15, 0.2) is 42.5 Å². The monoisotopic (exact) mass is 505 g/mol. The number of nitrogens with zero attached hydrogens (tertiary/aromatic N) is 4. The summed E-state index contributed by atoms with van der Waals surface area (Å²) in [5, 5.41) is 15.1. The van der Waals surface area contributed by atoms with Gasteiger partial charge in [-0.15, -0.1) is 10.2 Å². The van der Waals surface area contributed by atoms with Gasteiger partial charge in [-0.1, -0.05) is 23.7 Å². The van der Waals surface area contributed by atoms with Gasteiger partial charge >= 0.3 is 6.18 Å². The number of benzene rings is 2. The summed E-state index contributed by atoms with van der Waals surface area (Å²) < 4.78 is 51.2. The van der Waals surface area contributed by atoms with Crippen LogP contribution in [-0.4, -0.2) is 39.9 Å². The second-order valence-corrected chi connectivity index (χ2v) is 7.91. The lowest BCUT2D eigenvalue weighted by molar-refractivity contribution is -0.137. The molecule has 0 spiro atoms. The van der Waals surface area contributed by atoms with Gasteiger partial charge in [0, 0.05) is 7.11 Å². The maximum atomic E-state index is 13.1. The molecule has 0 aliphatic heterocycles. The van der Waals surface area contributed by atoms with Gasteiger partial charge in [0.15, 0.2) is 11.3 Å². The fourth-order valence-corrected chi connectivity index (χ4v) is 3.69. The zero-order valence-electron chi connectivity index (χ0n) is 18.8. The van der Waals surface area contributed by atoms with E-state index in [-0.39, 0.29) is 23.0 Å². The van der Waals surface area contributed by atoms with Gasteiger partial charge in [0.05, 0.1) is 46.9 Å². The highest BCUT2D eigenvalue weighted by atomic mass is 35.5. The van der Waals surface area contributed by atoms with Crippen LogP contribution in [0.5, 0.6) is 5.75 Å². The summed E-state index contributed by atoms with van der Waals surface area (Å²) in [4.78, 5) is 12.9. The fourth-order valence-electron chi connectivity index (χ4n) is 3.53. The minimum Gasteiger partial charge on any atom is -0.497 e. The van der Waals surface area contributed by atoms with Gasteiger partial charge < -0.3 is 14.8 Å². The largest absolute Gasteiger partial charge is 0.497 e. The molecule has 0 saturated carbocycles. The summed E-state index contributed by atoms with van der Waals surface area (Å²) >= 11 is 6.00. The molecule has 1 amide bonds. The van der Waals surface area contributed by atoms with E-state index >= 15 is 0 Å². The predicted octanol–water partition coefficient (Wildman–Crippen LogP) is 5.18. The number of aromatic nitrogens is 4. The number of fused-ring (bicyclic) bond motifs is 1. The molecule has 0 atom stereocenters. The SMILES string of the molecule is COCc1nn2c(C)c(C(=O)Nc3cc(C(F)(F)F)ccc3Cl)nnc2c1-c1ccc(OC)cc1. The molecule has 4 rings (SSSR count). The number of carbonyl (C=O) groups excluding carboxylic acids is 1. The molecule has 0 aliphatic carbocycles. The van der Waals surface area contributed by atoms with Gasteiger partial charge in [0.2, 0.25) is 0 Å². The molecule has 0 unspecified atom stereocenters. The van der Waals surface area contributed by atoms with E-state index in [1.165, 1.54) is 11.6 Å². The molecule has 0 bridgehead atoms. The molecule has 0 saturated heterocycles. The molecule has 2 aromatic carbocycles. The average Bonchev–Trinajstić information content (AvgIpc) is 3.19. The lowest BCUT2D eigenvalue weighted by Gasteiger charge is -2.12. The molecule has 0 aliphatic rings. The molecule has 12 heteroatoms. The van der Waals surface area contributed by atoms with Crippen molar-refractivity contribution in [1.29, 1.82) is 0 Å². The van der Waals surface area contributed by atoms with Gasteiger partial charge in [0.1, 0.15) is 5.75 Å². The van der Waals surface area contributed by atoms with Crippen molar-refractivity contribution < 1.29 is 27.4 Å². The van der Waals surface area contributed by atoms with Gasteiger partial charge in [0.25, 0.3) is 5.91 Å². The maximum absolute atomic E-state index is 13.1. The summed E-state index contributed by atoms with van der Waals surface area (Å²) in [6.45, 7) is 1.78. The summed E-state index contributed by atoms with van der Waals surface area (Å²) in [5.41, 5.74) is 1.45. The van der Waals surface area contributed by atoms with E-state index < -0.39 is 17.6 Å². The third-order valence-corrected chi connectivity index (χ3v) is 5.58. The summed E-state index contributed by atoms with van der Waals surface area (Å²) in [5.74, 6) is -0.110. The first-order valence-corrected chi connectivity index (χ1v) is 10.6. The van der Waals surface area contributed by atoms with Crippen LogP contribution in [0.4, 0.5) is 18.9 Å². The van der Waals surface area contributed by atoms with Crippen molar-refractivity contribution in [1.82, 2.24) is 19.8 Å². The number of hydrogen-bond donors (Lipinski definition) is 1. The number of alkyl halides is 3. The topological polar surface area (TPSA) is 90.6 Å². The molecule has 182 valence electrons. The highest BCUT2D eigenvalue weighted by Gasteiger charge is 2.31. The number of aryl methyl sites for hydroxylation is 1. The molecule has 0 fully saturated rings. The molecule has 35 heavy (non-hydrogen) atoms. The van der Waals surface area contributed by atoms with E-state index in [4.69, 9.17) is 21.1 Å². The minimum atomic E-state index is -4.59. The van der Waals surface area contributed by atoms with Crippen LogP contribution < -0.4 is 10.1 Å². The first-order chi connectivity index (χ1) is 16.6. The number of hydrogen-bond acceptors (Lipinski definition) is 6. The first kappa shape index (κ1) is 24.4. The maximum Gasteiger partial charge on any atom is 0.416 e. The van der Waals surface area contributed by atoms with E-state index in [0.29, 0.717) is 28.3 Å². The van der Waals surface area contributed by atoms with Gasteiger partial charge in [-0.2, -0.15) is 18.3 Å². The van der Waals surface area contributed by atoms with E-state index in [1.807, 2.05) is 12.1 Å². The van der Waals surface area contributed by atoms with Crippen molar-refractivity contribution in [3.63, 3.8) is 0 Å². The minimum absolute atomic E-state index is 0.0543. The Morgan fingerprint density at radius 1 is 1.11 bits per heavy atom. The van der Waals surface area contributed by atoms with Gasteiger partial charge in [-0.05, 0) is 42.8 Å². The number of halogens is 4. The number of nitrogens with one attached hydrogen (secondary N) is 1. The normalized spacial score (nSPS) is 11.6. The Morgan fingerprint density at radius 3 is 2.46 bits per heavy atom. The van der Waals surface area contributed by atoms with Crippen LogP contribution in [0.2, 0.25) is 5.02 Å². The molecule has 2 aromatic heterocycles. The molecule has 2 heterocycles. The summed E-state index contributed by atoms with van der Waals surface area (Å²) in [7, 11) is 3.09. The Labute approximate surface area is 202 Å². The molecule has 1 N–H and O–H groups in total. The quantitative estimate of drug-likeness (QED) is 0.388.